The molecular weight excluding hydrogens is 414 g/mol. The lowest BCUT2D eigenvalue weighted by atomic mass is 10.1. The summed E-state index contributed by atoms with van der Waals surface area (Å²) in [4.78, 5) is 26.5. The fourth-order valence-electron chi connectivity index (χ4n) is 4.28. The van der Waals surface area contributed by atoms with E-state index < -0.39 is 0 Å². The predicted octanol–water partition coefficient (Wildman–Crippen LogP) is 4.33. The highest BCUT2D eigenvalue weighted by molar-refractivity contribution is 5.79. The first kappa shape index (κ1) is 22.7. The zero-order valence-electron chi connectivity index (χ0n) is 19.5. The lowest BCUT2D eigenvalue weighted by molar-refractivity contribution is -0.133. The number of anilines is 2. The molecule has 33 heavy (non-hydrogen) atoms. The number of carbonyl (C=O) groups is 1. The van der Waals surface area contributed by atoms with E-state index in [-0.39, 0.29) is 11.9 Å². The molecule has 7 heteroatoms. The van der Waals surface area contributed by atoms with Crippen LogP contribution >= 0.6 is 0 Å². The van der Waals surface area contributed by atoms with Crippen molar-refractivity contribution in [2.45, 2.75) is 32.4 Å². The van der Waals surface area contributed by atoms with E-state index in [0.29, 0.717) is 13.1 Å². The zero-order valence-corrected chi connectivity index (χ0v) is 19.5. The second kappa shape index (κ2) is 10.4. The van der Waals surface area contributed by atoms with Crippen molar-refractivity contribution in [3.8, 4) is 5.75 Å². The first-order valence-electron chi connectivity index (χ1n) is 11.3. The average Bonchev–Trinajstić information content (AvgIpc) is 3.30. The first-order valence-corrected chi connectivity index (χ1v) is 11.3. The van der Waals surface area contributed by atoms with Gasteiger partial charge in [-0.15, -0.1) is 0 Å². The maximum absolute atomic E-state index is 13.2. The van der Waals surface area contributed by atoms with Crippen LogP contribution in [0.15, 0.2) is 60.7 Å². The van der Waals surface area contributed by atoms with Crippen LogP contribution in [0.3, 0.4) is 0 Å². The lowest BCUT2D eigenvalue weighted by Gasteiger charge is -2.27. The number of hydrogen-bond acceptors (Lipinski definition) is 6. The third-order valence-electron chi connectivity index (χ3n) is 5.82. The number of likely N-dealkylation sites (tertiary alicyclic amines) is 1. The molecule has 1 atom stereocenters. The number of amides is 1. The van der Waals surface area contributed by atoms with Crippen molar-refractivity contribution in [1.82, 2.24) is 19.8 Å². The van der Waals surface area contributed by atoms with Crippen LogP contribution in [0, 0.1) is 6.92 Å². The Morgan fingerprint density at radius 2 is 1.88 bits per heavy atom. The molecule has 1 aliphatic heterocycles. The van der Waals surface area contributed by atoms with Gasteiger partial charge in [-0.1, -0.05) is 24.3 Å². The number of nitrogens with one attached hydrogen (secondary N) is 1. The molecule has 1 aliphatic rings. The highest BCUT2D eigenvalue weighted by atomic mass is 16.5. The SMILES string of the molecule is COc1cccc(CN(C)CC(=O)N2CCC[C@H]2c2cccc(Nc3cccc(C)n3)n2)c1. The molecule has 1 aromatic carbocycles. The van der Waals surface area contributed by atoms with Crippen LogP contribution in [0.25, 0.3) is 0 Å². The minimum absolute atomic E-state index is 0.00469. The van der Waals surface area contributed by atoms with Crippen molar-refractivity contribution in [2.24, 2.45) is 0 Å². The van der Waals surface area contributed by atoms with E-state index in [4.69, 9.17) is 9.72 Å². The van der Waals surface area contributed by atoms with E-state index in [9.17, 15) is 4.79 Å². The van der Waals surface area contributed by atoms with Crippen molar-refractivity contribution in [3.05, 3.63) is 77.6 Å². The number of aromatic nitrogens is 2. The Balaban J connectivity index is 1.41. The molecule has 3 aromatic rings. The number of hydrogen-bond donors (Lipinski definition) is 1. The molecule has 2 aromatic heterocycles. The largest absolute Gasteiger partial charge is 0.497 e. The third-order valence-corrected chi connectivity index (χ3v) is 5.82. The average molecular weight is 446 g/mol. The quantitative estimate of drug-likeness (QED) is 0.556. The fourth-order valence-corrected chi connectivity index (χ4v) is 4.28. The van der Waals surface area contributed by atoms with E-state index in [1.165, 1.54) is 0 Å². The normalized spacial score (nSPS) is 15.6. The number of ether oxygens (including phenoxy) is 1. The summed E-state index contributed by atoms with van der Waals surface area (Å²) in [6.07, 6.45) is 1.90. The van der Waals surface area contributed by atoms with Gasteiger partial charge < -0.3 is 15.0 Å². The second-order valence-corrected chi connectivity index (χ2v) is 8.51. The monoisotopic (exact) mass is 445 g/mol. The van der Waals surface area contributed by atoms with E-state index in [0.717, 1.165) is 53.7 Å². The van der Waals surface area contributed by atoms with Gasteiger partial charge in [0.1, 0.15) is 17.4 Å². The Hall–Kier alpha value is -3.45. The van der Waals surface area contributed by atoms with Gasteiger partial charge >= 0.3 is 0 Å². The van der Waals surface area contributed by atoms with Gasteiger partial charge in [-0.2, -0.15) is 0 Å². The Morgan fingerprint density at radius 1 is 1.12 bits per heavy atom. The van der Waals surface area contributed by atoms with Crippen LogP contribution in [0.2, 0.25) is 0 Å². The number of nitrogens with zero attached hydrogens (tertiary/aromatic N) is 4. The molecule has 3 heterocycles. The van der Waals surface area contributed by atoms with Crippen molar-refractivity contribution >= 4 is 17.5 Å². The Labute approximate surface area is 195 Å². The summed E-state index contributed by atoms with van der Waals surface area (Å²) in [5.41, 5.74) is 2.98. The van der Waals surface area contributed by atoms with Crippen molar-refractivity contribution < 1.29 is 9.53 Å². The maximum atomic E-state index is 13.2. The molecule has 0 bridgehead atoms. The fraction of sp³-hybridized carbons (Fsp3) is 0.346. The topological polar surface area (TPSA) is 70.6 Å². The number of methoxy groups -OCH3 is 1. The minimum atomic E-state index is -0.00469. The zero-order chi connectivity index (χ0) is 23.2. The van der Waals surface area contributed by atoms with Crippen LogP contribution in [0.1, 0.15) is 35.8 Å². The van der Waals surface area contributed by atoms with Gasteiger partial charge in [0, 0.05) is 18.8 Å². The second-order valence-electron chi connectivity index (χ2n) is 8.51. The van der Waals surface area contributed by atoms with Crippen LogP contribution in [-0.2, 0) is 11.3 Å². The van der Waals surface area contributed by atoms with Crippen LogP contribution < -0.4 is 10.1 Å². The van der Waals surface area contributed by atoms with Gasteiger partial charge in [0.15, 0.2) is 0 Å². The van der Waals surface area contributed by atoms with E-state index in [1.54, 1.807) is 7.11 Å². The van der Waals surface area contributed by atoms with Gasteiger partial charge in [-0.25, -0.2) is 9.97 Å². The highest BCUT2D eigenvalue weighted by Crippen LogP contribution is 2.32. The summed E-state index contributed by atoms with van der Waals surface area (Å²) < 4.78 is 5.31. The van der Waals surface area contributed by atoms with Crippen molar-refractivity contribution in [2.75, 3.05) is 32.6 Å². The summed E-state index contributed by atoms with van der Waals surface area (Å²) in [7, 11) is 3.63. The molecule has 0 unspecified atom stereocenters. The first-order chi connectivity index (χ1) is 16.0. The Bertz CT molecular complexity index is 1100. The molecule has 1 amide bonds. The minimum Gasteiger partial charge on any atom is -0.497 e. The number of benzene rings is 1. The number of rotatable bonds is 8. The van der Waals surface area contributed by atoms with Gasteiger partial charge in [0.2, 0.25) is 5.91 Å². The number of aryl methyl sites for hydroxylation is 1. The number of likely N-dealkylation sites (N-methyl/N-ethyl adjacent to an activating group) is 1. The summed E-state index contributed by atoms with van der Waals surface area (Å²) >= 11 is 0. The smallest absolute Gasteiger partial charge is 0.237 e. The van der Waals surface area contributed by atoms with E-state index in [1.807, 2.05) is 84.4 Å². The predicted molar refractivity (Wildman–Crippen MR) is 130 cm³/mol. The van der Waals surface area contributed by atoms with E-state index >= 15 is 0 Å². The Kier molecular flexibility index (Phi) is 7.19. The number of pyridine rings is 2. The summed E-state index contributed by atoms with van der Waals surface area (Å²) in [6.45, 7) is 3.76. The Morgan fingerprint density at radius 3 is 2.67 bits per heavy atom. The van der Waals surface area contributed by atoms with Gasteiger partial charge in [-0.3, -0.25) is 9.69 Å². The number of carbonyl (C=O) groups excluding carboxylic acids is 1. The van der Waals surface area contributed by atoms with Gasteiger partial charge in [0.25, 0.3) is 0 Å². The molecule has 0 radical (unpaired) electrons. The third kappa shape index (κ3) is 5.87. The van der Waals surface area contributed by atoms with Crippen LogP contribution in [0.5, 0.6) is 5.75 Å². The van der Waals surface area contributed by atoms with Crippen LogP contribution in [-0.4, -0.2) is 52.9 Å². The van der Waals surface area contributed by atoms with Crippen molar-refractivity contribution in [3.63, 3.8) is 0 Å². The molecule has 1 saturated heterocycles. The molecule has 4 rings (SSSR count). The molecule has 0 aliphatic carbocycles. The van der Waals surface area contributed by atoms with E-state index in [2.05, 4.69) is 10.3 Å². The summed E-state index contributed by atoms with van der Waals surface area (Å²) in [6, 6.07) is 19.7. The molecule has 1 fully saturated rings. The maximum Gasteiger partial charge on any atom is 0.237 e. The molecule has 0 saturated carbocycles. The molecule has 172 valence electrons. The van der Waals surface area contributed by atoms with Crippen LogP contribution in [0.4, 0.5) is 11.6 Å². The molecular formula is C26H31N5O2. The standard InChI is InChI=1S/C26H31N5O2/c1-19-8-4-13-24(27-19)29-25-14-6-11-22(28-25)23-12-7-15-31(23)26(32)18-30(2)17-20-9-5-10-21(16-20)33-3/h4-6,8-11,13-14,16,23H,7,12,15,17-18H2,1-3H3,(H,27,28,29)/t23-/m0/s1. The van der Waals surface area contributed by atoms with Crippen molar-refractivity contribution in [1.29, 1.82) is 0 Å². The molecule has 0 spiro atoms. The summed E-state index contributed by atoms with van der Waals surface area (Å²) in [5, 5.41) is 3.28. The highest BCUT2D eigenvalue weighted by Gasteiger charge is 2.31. The molecule has 7 nitrogen and oxygen atoms in total. The van der Waals surface area contributed by atoms with Gasteiger partial charge in [-0.05, 0) is 68.8 Å². The molecule has 1 N–H and O–H groups in total. The van der Waals surface area contributed by atoms with Gasteiger partial charge in [0.05, 0.1) is 25.4 Å². The summed E-state index contributed by atoms with van der Waals surface area (Å²) in [5.74, 6) is 2.45. The lowest BCUT2D eigenvalue weighted by Crippen LogP contribution is -2.38.